The van der Waals surface area contributed by atoms with Gasteiger partial charge in [-0.2, -0.15) is 0 Å². The van der Waals surface area contributed by atoms with Crippen molar-refractivity contribution in [3.63, 3.8) is 0 Å². The maximum absolute atomic E-state index is 12.8. The van der Waals surface area contributed by atoms with Gasteiger partial charge in [0.15, 0.2) is 23.0 Å². The van der Waals surface area contributed by atoms with Gasteiger partial charge in [-0.3, -0.25) is 4.79 Å². The number of rotatable bonds is 4. The molecular weight excluding hydrogens is 503 g/mol. The maximum atomic E-state index is 12.8. The van der Waals surface area contributed by atoms with Gasteiger partial charge < -0.3 is 28.8 Å². The lowest BCUT2D eigenvalue weighted by Gasteiger charge is -2.37. The van der Waals surface area contributed by atoms with E-state index in [1.54, 1.807) is 7.11 Å². The Morgan fingerprint density at radius 1 is 1.07 bits per heavy atom. The van der Waals surface area contributed by atoms with E-state index in [1.165, 1.54) is 7.11 Å². The summed E-state index contributed by atoms with van der Waals surface area (Å²) < 4.78 is 27.8. The van der Waals surface area contributed by atoms with Crippen molar-refractivity contribution in [2.75, 3.05) is 27.6 Å². The smallest absolute Gasteiger partial charge is 0.310 e. The summed E-state index contributed by atoms with van der Waals surface area (Å²) >= 11 is 2.40. The van der Waals surface area contributed by atoms with E-state index in [0.717, 1.165) is 22.4 Å². The summed E-state index contributed by atoms with van der Waals surface area (Å²) in [6.45, 7) is 0.373. The third-order valence-corrected chi connectivity index (χ3v) is 7.80. The van der Waals surface area contributed by atoms with Crippen molar-refractivity contribution >= 4 is 28.6 Å². The van der Waals surface area contributed by atoms with Gasteiger partial charge in [0.2, 0.25) is 6.79 Å². The number of benzene rings is 2. The third-order valence-electron chi connectivity index (χ3n) is 6.20. The number of alkyl halides is 1. The predicted octanol–water partition coefficient (Wildman–Crippen LogP) is 3.34. The first-order chi connectivity index (χ1) is 14.6. The van der Waals surface area contributed by atoms with E-state index in [-0.39, 0.29) is 41.0 Å². The molecule has 158 valence electrons. The van der Waals surface area contributed by atoms with Crippen LogP contribution in [0.5, 0.6) is 23.0 Å². The fraction of sp³-hybridized carbons (Fsp3) is 0.409. The summed E-state index contributed by atoms with van der Waals surface area (Å²) in [5.74, 6) is 1.66. The SMILES string of the molecule is COc1cc([C@@H]2c3cc4c(cc3[C@@H](I)[C@H]3COC(=O)[C@H]23)OCO4)cc(CO)c1OC. The summed E-state index contributed by atoms with van der Waals surface area (Å²) in [4.78, 5) is 12.8. The zero-order valence-corrected chi connectivity index (χ0v) is 18.7. The Labute approximate surface area is 187 Å². The molecular formula is C22H21IO7. The van der Waals surface area contributed by atoms with Crippen molar-refractivity contribution in [3.05, 3.63) is 46.5 Å². The van der Waals surface area contributed by atoms with Crippen LogP contribution >= 0.6 is 22.6 Å². The third kappa shape index (κ3) is 2.84. The summed E-state index contributed by atoms with van der Waals surface area (Å²) in [6, 6.07) is 7.77. The lowest BCUT2D eigenvalue weighted by molar-refractivity contribution is -0.141. The fourth-order valence-electron chi connectivity index (χ4n) is 4.86. The second-order valence-corrected chi connectivity index (χ2v) is 8.95. The molecule has 5 rings (SSSR count). The average Bonchev–Trinajstić information content (AvgIpc) is 3.38. The number of carbonyl (C=O) groups excluding carboxylic acids is 1. The second kappa shape index (κ2) is 7.49. The highest BCUT2D eigenvalue weighted by Crippen LogP contribution is 2.57. The number of cyclic esters (lactones) is 1. The average molecular weight is 524 g/mol. The number of hydrogen-bond donors (Lipinski definition) is 1. The molecule has 0 amide bonds. The highest BCUT2D eigenvalue weighted by Gasteiger charge is 2.51. The molecule has 2 heterocycles. The van der Waals surface area contributed by atoms with Crippen molar-refractivity contribution < 1.29 is 33.6 Å². The normalized spacial score (nSPS) is 26.1. The summed E-state index contributed by atoms with van der Waals surface area (Å²) in [5.41, 5.74) is 3.60. The van der Waals surface area contributed by atoms with E-state index in [1.807, 2.05) is 24.3 Å². The minimum atomic E-state index is -0.329. The molecule has 0 saturated carbocycles. The Balaban J connectivity index is 1.74. The Kier molecular flexibility index (Phi) is 4.93. The van der Waals surface area contributed by atoms with Crippen LogP contribution in [0, 0.1) is 11.8 Å². The minimum Gasteiger partial charge on any atom is -0.493 e. The molecule has 0 bridgehead atoms. The van der Waals surface area contributed by atoms with Gasteiger partial charge >= 0.3 is 5.97 Å². The van der Waals surface area contributed by atoms with E-state index in [9.17, 15) is 9.90 Å². The number of esters is 1. The number of fused-ring (bicyclic) bond motifs is 3. The molecule has 1 aliphatic carbocycles. The van der Waals surface area contributed by atoms with Crippen molar-refractivity contribution in [3.8, 4) is 23.0 Å². The van der Waals surface area contributed by atoms with Crippen LogP contribution < -0.4 is 18.9 Å². The van der Waals surface area contributed by atoms with Crippen molar-refractivity contribution in [1.82, 2.24) is 0 Å². The highest BCUT2D eigenvalue weighted by molar-refractivity contribution is 14.1. The monoisotopic (exact) mass is 524 g/mol. The molecule has 1 saturated heterocycles. The van der Waals surface area contributed by atoms with Crippen LogP contribution in [0.3, 0.4) is 0 Å². The van der Waals surface area contributed by atoms with Crippen LogP contribution in [-0.4, -0.2) is 38.7 Å². The predicted molar refractivity (Wildman–Crippen MR) is 115 cm³/mol. The van der Waals surface area contributed by atoms with Gasteiger partial charge in [0.05, 0.1) is 33.4 Å². The molecule has 3 aliphatic rings. The Hall–Kier alpha value is -2.20. The maximum Gasteiger partial charge on any atom is 0.310 e. The molecule has 2 aromatic rings. The van der Waals surface area contributed by atoms with Crippen molar-refractivity contribution in [1.29, 1.82) is 0 Å². The molecule has 4 atom stereocenters. The quantitative estimate of drug-likeness (QED) is 0.373. The lowest BCUT2D eigenvalue weighted by atomic mass is 9.67. The molecule has 0 aromatic heterocycles. The lowest BCUT2D eigenvalue weighted by Crippen LogP contribution is -2.32. The summed E-state index contributed by atoms with van der Waals surface area (Å²) in [5, 5.41) is 9.93. The first-order valence-corrected chi connectivity index (χ1v) is 10.9. The van der Waals surface area contributed by atoms with Gasteiger partial charge in [-0.05, 0) is 41.0 Å². The van der Waals surface area contributed by atoms with E-state index < -0.39 is 0 Å². The fourth-order valence-corrected chi connectivity index (χ4v) is 6.05. The van der Waals surface area contributed by atoms with Crippen LogP contribution in [0.1, 0.15) is 32.1 Å². The molecule has 2 aromatic carbocycles. The first-order valence-electron chi connectivity index (χ1n) is 9.67. The summed E-state index contributed by atoms with van der Waals surface area (Å²) in [6.07, 6.45) is 0. The topological polar surface area (TPSA) is 83.5 Å². The Bertz CT molecular complexity index is 996. The van der Waals surface area contributed by atoms with Gasteiger partial charge in [0.25, 0.3) is 0 Å². The van der Waals surface area contributed by atoms with E-state index in [2.05, 4.69) is 22.6 Å². The number of carbonyl (C=O) groups is 1. The largest absolute Gasteiger partial charge is 0.493 e. The van der Waals surface area contributed by atoms with Crippen LogP contribution in [-0.2, 0) is 16.1 Å². The van der Waals surface area contributed by atoms with Gasteiger partial charge in [-0.1, -0.05) is 22.6 Å². The molecule has 8 heteroatoms. The molecule has 7 nitrogen and oxygen atoms in total. The molecule has 0 spiro atoms. The first kappa shape index (κ1) is 19.7. The number of ether oxygens (including phenoxy) is 5. The Morgan fingerprint density at radius 3 is 2.47 bits per heavy atom. The summed E-state index contributed by atoms with van der Waals surface area (Å²) in [7, 11) is 3.10. The number of aliphatic hydroxyl groups excluding tert-OH is 1. The Morgan fingerprint density at radius 2 is 1.80 bits per heavy atom. The number of aliphatic hydroxyl groups is 1. The number of methoxy groups -OCH3 is 2. The van der Waals surface area contributed by atoms with Gasteiger partial charge in [-0.25, -0.2) is 0 Å². The van der Waals surface area contributed by atoms with E-state index in [0.29, 0.717) is 29.4 Å². The van der Waals surface area contributed by atoms with Crippen LogP contribution in [0.15, 0.2) is 24.3 Å². The molecule has 0 radical (unpaired) electrons. The number of halogens is 1. The van der Waals surface area contributed by atoms with Crippen molar-refractivity contribution in [2.24, 2.45) is 11.8 Å². The second-order valence-electron chi connectivity index (χ2n) is 7.61. The molecule has 1 fully saturated rings. The standard InChI is InChI=1S/C22H21IO7/c1-26-17-4-10(3-11(7-24)21(17)27-2)18-12-5-15-16(30-9-29-15)6-13(12)20(23)14-8-28-22(25)19(14)18/h3-6,14,18-20,24H,7-9H2,1-2H3/t14-,18+,19-,20+/m0/s1. The van der Waals surface area contributed by atoms with Gasteiger partial charge in [0.1, 0.15) is 0 Å². The van der Waals surface area contributed by atoms with Gasteiger partial charge in [0, 0.05) is 21.3 Å². The zero-order chi connectivity index (χ0) is 21.0. The molecule has 0 unspecified atom stereocenters. The van der Waals surface area contributed by atoms with Crippen LogP contribution in [0.25, 0.3) is 0 Å². The zero-order valence-electron chi connectivity index (χ0n) is 16.5. The van der Waals surface area contributed by atoms with E-state index >= 15 is 0 Å². The molecule has 1 N–H and O–H groups in total. The molecule has 2 aliphatic heterocycles. The number of hydrogen-bond acceptors (Lipinski definition) is 7. The van der Waals surface area contributed by atoms with E-state index in [4.69, 9.17) is 23.7 Å². The van der Waals surface area contributed by atoms with Crippen molar-refractivity contribution in [2.45, 2.75) is 16.4 Å². The highest BCUT2D eigenvalue weighted by atomic mass is 127. The minimum absolute atomic E-state index is 0.0432. The van der Waals surface area contributed by atoms with Gasteiger partial charge in [-0.15, -0.1) is 0 Å². The molecule has 30 heavy (non-hydrogen) atoms. The van der Waals surface area contributed by atoms with Crippen LogP contribution in [0.4, 0.5) is 0 Å². The van der Waals surface area contributed by atoms with Crippen LogP contribution in [0.2, 0.25) is 0 Å².